The number of carbonyl (C=O) groups is 1. The first-order chi connectivity index (χ1) is 10.6. The average Bonchev–Trinajstić information content (AvgIpc) is 2.56. The molecule has 0 radical (unpaired) electrons. The number of carbonyl (C=O) groups excluding carboxylic acids is 1. The predicted octanol–water partition coefficient (Wildman–Crippen LogP) is 2.93. The van der Waals surface area contributed by atoms with Gasteiger partial charge in [0, 0.05) is 37.1 Å². The minimum Gasteiger partial charge on any atom is -0.396 e. The van der Waals surface area contributed by atoms with Crippen LogP contribution in [0, 0.1) is 0 Å². The van der Waals surface area contributed by atoms with Gasteiger partial charge in [0.05, 0.1) is 0 Å². The number of nitrogens with zero attached hydrogens (tertiary/aromatic N) is 1. The summed E-state index contributed by atoms with van der Waals surface area (Å²) >= 11 is 0. The van der Waals surface area contributed by atoms with Crippen LogP contribution in [0.2, 0.25) is 0 Å². The van der Waals surface area contributed by atoms with Gasteiger partial charge in [-0.25, -0.2) is 0 Å². The number of aliphatic hydroxyl groups excluding tert-OH is 1. The third-order valence-corrected chi connectivity index (χ3v) is 3.66. The number of nitrogens with one attached hydrogen (secondary N) is 1. The van der Waals surface area contributed by atoms with Crippen molar-refractivity contribution in [3.05, 3.63) is 59.7 Å². The molecule has 2 aromatic carbocycles. The maximum Gasteiger partial charge on any atom is 0.255 e. The second-order valence-electron chi connectivity index (χ2n) is 5.19. The van der Waals surface area contributed by atoms with Crippen LogP contribution in [0.3, 0.4) is 0 Å². The van der Waals surface area contributed by atoms with Crippen LogP contribution in [0.1, 0.15) is 22.8 Å². The molecule has 0 unspecified atom stereocenters. The first-order valence-corrected chi connectivity index (χ1v) is 7.46. The van der Waals surface area contributed by atoms with Gasteiger partial charge in [-0.05, 0) is 55.3 Å². The summed E-state index contributed by atoms with van der Waals surface area (Å²) in [6.07, 6.45) is 0.626. The lowest BCUT2D eigenvalue weighted by Crippen LogP contribution is -2.16. The van der Waals surface area contributed by atoms with Crippen LogP contribution in [0.25, 0.3) is 0 Å². The highest BCUT2D eigenvalue weighted by molar-refractivity contribution is 6.04. The fourth-order valence-corrected chi connectivity index (χ4v) is 2.14. The zero-order valence-electron chi connectivity index (χ0n) is 13.0. The number of hydrogen-bond acceptors (Lipinski definition) is 3. The molecule has 116 valence electrons. The van der Waals surface area contributed by atoms with Gasteiger partial charge in [-0.15, -0.1) is 0 Å². The van der Waals surface area contributed by atoms with Gasteiger partial charge < -0.3 is 15.3 Å². The lowest BCUT2D eigenvalue weighted by molar-refractivity contribution is 0.102. The van der Waals surface area contributed by atoms with Crippen molar-refractivity contribution in [1.29, 1.82) is 0 Å². The second kappa shape index (κ2) is 7.61. The van der Waals surface area contributed by atoms with E-state index in [1.807, 2.05) is 55.6 Å². The van der Waals surface area contributed by atoms with E-state index in [9.17, 15) is 4.79 Å². The zero-order chi connectivity index (χ0) is 15.9. The quantitative estimate of drug-likeness (QED) is 0.862. The molecule has 4 nitrogen and oxygen atoms in total. The molecule has 2 aromatic rings. The fourth-order valence-electron chi connectivity index (χ4n) is 2.14. The molecule has 0 aromatic heterocycles. The van der Waals surface area contributed by atoms with E-state index in [0.29, 0.717) is 12.0 Å². The number of rotatable bonds is 6. The van der Waals surface area contributed by atoms with Crippen molar-refractivity contribution < 1.29 is 9.90 Å². The zero-order valence-corrected chi connectivity index (χ0v) is 13.0. The van der Waals surface area contributed by atoms with E-state index in [0.717, 1.165) is 23.5 Å². The average molecular weight is 298 g/mol. The topological polar surface area (TPSA) is 52.6 Å². The highest BCUT2D eigenvalue weighted by atomic mass is 16.2. The van der Waals surface area contributed by atoms with Crippen molar-refractivity contribution in [3.63, 3.8) is 0 Å². The van der Waals surface area contributed by atoms with Crippen molar-refractivity contribution in [1.82, 2.24) is 0 Å². The Hall–Kier alpha value is -2.33. The summed E-state index contributed by atoms with van der Waals surface area (Å²) in [5.74, 6) is -0.124. The number of anilines is 2. The number of benzene rings is 2. The van der Waals surface area contributed by atoms with Crippen molar-refractivity contribution >= 4 is 17.3 Å². The first-order valence-electron chi connectivity index (χ1n) is 7.46. The van der Waals surface area contributed by atoms with Gasteiger partial charge >= 0.3 is 0 Å². The van der Waals surface area contributed by atoms with Gasteiger partial charge in [0.2, 0.25) is 0 Å². The van der Waals surface area contributed by atoms with Gasteiger partial charge in [0.25, 0.3) is 5.91 Å². The Morgan fingerprint density at radius 3 is 2.27 bits per heavy atom. The van der Waals surface area contributed by atoms with Gasteiger partial charge in [-0.2, -0.15) is 0 Å². The van der Waals surface area contributed by atoms with Crippen LogP contribution in [0.4, 0.5) is 11.4 Å². The Morgan fingerprint density at radius 2 is 1.73 bits per heavy atom. The molecule has 22 heavy (non-hydrogen) atoms. The highest BCUT2D eigenvalue weighted by Gasteiger charge is 2.07. The SMILES string of the molecule is CCN(C)c1ccc(C(=O)Nc2ccc(CCO)cc2)cc1. The summed E-state index contributed by atoms with van der Waals surface area (Å²) in [5.41, 5.74) is 3.52. The molecule has 1 amide bonds. The van der Waals surface area contributed by atoms with Gasteiger partial charge in [0.1, 0.15) is 0 Å². The van der Waals surface area contributed by atoms with E-state index in [1.54, 1.807) is 0 Å². The maximum atomic E-state index is 12.2. The van der Waals surface area contributed by atoms with Crippen molar-refractivity contribution in [2.24, 2.45) is 0 Å². The van der Waals surface area contributed by atoms with E-state index in [2.05, 4.69) is 17.1 Å². The Morgan fingerprint density at radius 1 is 1.09 bits per heavy atom. The number of amides is 1. The molecule has 2 rings (SSSR count). The molecule has 0 aliphatic carbocycles. The third-order valence-electron chi connectivity index (χ3n) is 3.66. The molecule has 0 aliphatic heterocycles. The van der Waals surface area contributed by atoms with E-state index < -0.39 is 0 Å². The largest absolute Gasteiger partial charge is 0.396 e. The standard InChI is InChI=1S/C18H22N2O2/c1-3-20(2)17-10-6-15(7-11-17)18(22)19-16-8-4-14(5-9-16)12-13-21/h4-11,21H,3,12-13H2,1-2H3,(H,19,22). The Balaban J connectivity index is 2.02. The van der Waals surface area contributed by atoms with E-state index >= 15 is 0 Å². The minimum atomic E-state index is -0.124. The summed E-state index contributed by atoms with van der Waals surface area (Å²) in [6, 6.07) is 15.1. The summed E-state index contributed by atoms with van der Waals surface area (Å²) in [4.78, 5) is 14.3. The smallest absolute Gasteiger partial charge is 0.255 e. The van der Waals surface area contributed by atoms with Crippen LogP contribution in [0.5, 0.6) is 0 Å². The van der Waals surface area contributed by atoms with Crippen LogP contribution in [-0.4, -0.2) is 31.2 Å². The van der Waals surface area contributed by atoms with Crippen LogP contribution >= 0.6 is 0 Å². The van der Waals surface area contributed by atoms with Crippen LogP contribution in [0.15, 0.2) is 48.5 Å². The molecular weight excluding hydrogens is 276 g/mol. The molecule has 0 fully saturated rings. The highest BCUT2D eigenvalue weighted by Crippen LogP contribution is 2.15. The Kier molecular flexibility index (Phi) is 5.55. The summed E-state index contributed by atoms with van der Waals surface area (Å²) < 4.78 is 0. The Labute approximate surface area is 131 Å². The Bertz CT molecular complexity index is 606. The summed E-state index contributed by atoms with van der Waals surface area (Å²) in [5, 5.41) is 11.8. The number of aliphatic hydroxyl groups is 1. The van der Waals surface area contributed by atoms with Crippen LogP contribution in [-0.2, 0) is 6.42 Å². The third kappa shape index (κ3) is 4.09. The molecule has 2 N–H and O–H groups in total. The number of hydrogen-bond donors (Lipinski definition) is 2. The van der Waals surface area contributed by atoms with Crippen molar-refractivity contribution in [2.75, 3.05) is 30.4 Å². The first kappa shape index (κ1) is 16.0. The molecular formula is C18H22N2O2. The maximum absolute atomic E-state index is 12.2. The van der Waals surface area contributed by atoms with E-state index in [4.69, 9.17) is 5.11 Å². The fraction of sp³-hybridized carbons (Fsp3) is 0.278. The van der Waals surface area contributed by atoms with Gasteiger partial charge in [-0.3, -0.25) is 4.79 Å². The molecule has 0 bridgehead atoms. The second-order valence-corrected chi connectivity index (χ2v) is 5.19. The molecule has 0 spiro atoms. The lowest BCUT2D eigenvalue weighted by atomic mass is 10.1. The molecule has 4 heteroatoms. The molecule has 0 aliphatic rings. The molecule has 0 saturated heterocycles. The molecule has 0 heterocycles. The van der Waals surface area contributed by atoms with E-state index in [-0.39, 0.29) is 12.5 Å². The summed E-state index contributed by atoms with van der Waals surface area (Å²) in [7, 11) is 2.02. The predicted molar refractivity (Wildman–Crippen MR) is 90.6 cm³/mol. The molecule has 0 atom stereocenters. The summed E-state index contributed by atoms with van der Waals surface area (Å²) in [6.45, 7) is 3.14. The lowest BCUT2D eigenvalue weighted by Gasteiger charge is -2.16. The van der Waals surface area contributed by atoms with Crippen molar-refractivity contribution in [3.8, 4) is 0 Å². The van der Waals surface area contributed by atoms with E-state index in [1.165, 1.54) is 0 Å². The normalized spacial score (nSPS) is 10.3. The minimum absolute atomic E-state index is 0.124. The van der Waals surface area contributed by atoms with Gasteiger partial charge in [-0.1, -0.05) is 12.1 Å². The monoisotopic (exact) mass is 298 g/mol. The van der Waals surface area contributed by atoms with Crippen molar-refractivity contribution in [2.45, 2.75) is 13.3 Å². The molecule has 0 saturated carbocycles. The van der Waals surface area contributed by atoms with Gasteiger partial charge in [0.15, 0.2) is 0 Å². The van der Waals surface area contributed by atoms with Crippen LogP contribution < -0.4 is 10.2 Å².